The first-order chi connectivity index (χ1) is 8.73. The summed E-state index contributed by atoms with van der Waals surface area (Å²) in [5.41, 5.74) is 5.85. The molecule has 1 aromatic rings. The van der Waals surface area contributed by atoms with E-state index in [9.17, 15) is 4.79 Å². The molecule has 1 unspecified atom stereocenters. The summed E-state index contributed by atoms with van der Waals surface area (Å²) in [6.07, 6.45) is 0.803. The molecule has 0 aliphatic carbocycles. The van der Waals surface area contributed by atoms with Gasteiger partial charge in [0, 0.05) is 18.5 Å². The van der Waals surface area contributed by atoms with Crippen molar-refractivity contribution in [3.63, 3.8) is 0 Å². The van der Waals surface area contributed by atoms with Gasteiger partial charge in [-0.25, -0.2) is 0 Å². The SMILES string of the molecule is CN(Cc1ccc(Cl)s1)C(=O)C(CN)CC(C)(C)C. The first-order valence-corrected chi connectivity index (χ1v) is 7.61. The highest BCUT2D eigenvalue weighted by Crippen LogP contribution is 2.26. The molecule has 1 aromatic heterocycles. The average molecular weight is 303 g/mol. The Labute approximate surface area is 124 Å². The van der Waals surface area contributed by atoms with Gasteiger partial charge in [-0.3, -0.25) is 4.79 Å². The molecule has 3 nitrogen and oxygen atoms in total. The number of hydrogen-bond donors (Lipinski definition) is 1. The van der Waals surface area contributed by atoms with Gasteiger partial charge in [0.15, 0.2) is 0 Å². The molecule has 0 aliphatic rings. The van der Waals surface area contributed by atoms with E-state index >= 15 is 0 Å². The van der Waals surface area contributed by atoms with Crippen LogP contribution in [0, 0.1) is 11.3 Å². The van der Waals surface area contributed by atoms with Crippen LogP contribution in [0.2, 0.25) is 4.34 Å². The maximum absolute atomic E-state index is 12.4. The van der Waals surface area contributed by atoms with Gasteiger partial charge in [-0.1, -0.05) is 32.4 Å². The lowest BCUT2D eigenvalue weighted by molar-refractivity contribution is -0.135. The molecule has 1 rings (SSSR count). The lowest BCUT2D eigenvalue weighted by atomic mass is 9.84. The highest BCUT2D eigenvalue weighted by Gasteiger charge is 2.26. The van der Waals surface area contributed by atoms with Crippen LogP contribution in [0.5, 0.6) is 0 Å². The van der Waals surface area contributed by atoms with Crippen molar-refractivity contribution in [1.29, 1.82) is 0 Å². The molecule has 0 aliphatic heterocycles. The fourth-order valence-corrected chi connectivity index (χ4v) is 3.21. The Morgan fingerprint density at radius 1 is 1.47 bits per heavy atom. The molecule has 2 N–H and O–H groups in total. The predicted octanol–water partition coefficient (Wildman–Crippen LogP) is 3.37. The van der Waals surface area contributed by atoms with E-state index in [2.05, 4.69) is 20.8 Å². The first kappa shape index (κ1) is 16.5. The molecule has 1 atom stereocenters. The molecular weight excluding hydrogens is 280 g/mol. The highest BCUT2D eigenvalue weighted by atomic mass is 35.5. The number of halogens is 1. The van der Waals surface area contributed by atoms with Crippen LogP contribution < -0.4 is 5.73 Å². The third-order valence-corrected chi connectivity index (χ3v) is 4.11. The molecule has 5 heteroatoms. The van der Waals surface area contributed by atoms with Crippen molar-refractivity contribution in [1.82, 2.24) is 4.90 Å². The van der Waals surface area contributed by atoms with Gasteiger partial charge in [0.05, 0.1) is 16.8 Å². The van der Waals surface area contributed by atoms with E-state index < -0.39 is 0 Å². The zero-order chi connectivity index (χ0) is 14.6. The number of rotatable bonds is 5. The van der Waals surface area contributed by atoms with E-state index in [-0.39, 0.29) is 17.2 Å². The summed E-state index contributed by atoms with van der Waals surface area (Å²) in [6.45, 7) is 7.37. The number of nitrogens with zero attached hydrogens (tertiary/aromatic N) is 1. The Morgan fingerprint density at radius 3 is 2.53 bits per heavy atom. The van der Waals surface area contributed by atoms with Gasteiger partial charge >= 0.3 is 0 Å². The molecule has 0 bridgehead atoms. The van der Waals surface area contributed by atoms with Crippen molar-refractivity contribution in [2.45, 2.75) is 33.7 Å². The maximum atomic E-state index is 12.4. The topological polar surface area (TPSA) is 46.3 Å². The monoisotopic (exact) mass is 302 g/mol. The largest absolute Gasteiger partial charge is 0.340 e. The Balaban J connectivity index is 2.64. The first-order valence-electron chi connectivity index (χ1n) is 6.42. The van der Waals surface area contributed by atoms with Crippen molar-refractivity contribution in [3.8, 4) is 0 Å². The van der Waals surface area contributed by atoms with E-state index in [1.54, 1.807) is 4.90 Å². The van der Waals surface area contributed by atoms with E-state index in [1.165, 1.54) is 11.3 Å². The van der Waals surface area contributed by atoms with Gasteiger partial charge in [-0.2, -0.15) is 0 Å². The third-order valence-electron chi connectivity index (χ3n) is 2.89. The van der Waals surface area contributed by atoms with Crippen LogP contribution in [-0.4, -0.2) is 24.4 Å². The van der Waals surface area contributed by atoms with Gasteiger partial charge in [-0.05, 0) is 24.0 Å². The molecule has 0 radical (unpaired) electrons. The summed E-state index contributed by atoms with van der Waals surface area (Å²) >= 11 is 7.40. The Bertz CT molecular complexity index is 425. The summed E-state index contributed by atoms with van der Waals surface area (Å²) in [4.78, 5) is 15.2. The molecule has 19 heavy (non-hydrogen) atoms. The van der Waals surface area contributed by atoms with Crippen LogP contribution in [0.15, 0.2) is 12.1 Å². The number of hydrogen-bond acceptors (Lipinski definition) is 3. The number of thiophene rings is 1. The van der Waals surface area contributed by atoms with Gasteiger partial charge < -0.3 is 10.6 Å². The van der Waals surface area contributed by atoms with Crippen molar-refractivity contribution in [3.05, 3.63) is 21.3 Å². The van der Waals surface area contributed by atoms with Crippen LogP contribution in [0.25, 0.3) is 0 Å². The van der Waals surface area contributed by atoms with Crippen LogP contribution in [0.3, 0.4) is 0 Å². The predicted molar refractivity (Wildman–Crippen MR) is 82.4 cm³/mol. The van der Waals surface area contributed by atoms with E-state index in [0.717, 1.165) is 15.6 Å². The second kappa shape index (κ2) is 6.73. The van der Waals surface area contributed by atoms with Crippen LogP contribution in [0.4, 0.5) is 0 Å². The Morgan fingerprint density at radius 2 is 2.11 bits per heavy atom. The normalized spacial score (nSPS) is 13.4. The molecule has 1 heterocycles. The molecular formula is C14H23ClN2OS. The molecule has 0 saturated carbocycles. The zero-order valence-electron chi connectivity index (χ0n) is 12.1. The van der Waals surface area contributed by atoms with E-state index in [0.29, 0.717) is 13.1 Å². The molecule has 1 amide bonds. The second-order valence-electron chi connectivity index (χ2n) is 6.10. The summed E-state index contributed by atoms with van der Waals surface area (Å²) < 4.78 is 0.751. The number of nitrogens with two attached hydrogens (primary N) is 1. The minimum absolute atomic E-state index is 0.104. The van der Waals surface area contributed by atoms with Crippen LogP contribution >= 0.6 is 22.9 Å². The highest BCUT2D eigenvalue weighted by molar-refractivity contribution is 7.16. The molecule has 0 saturated heterocycles. The standard InChI is InChI=1S/C14H23ClN2OS/c1-14(2,3)7-10(8-16)13(18)17(4)9-11-5-6-12(15)19-11/h5-6,10H,7-9,16H2,1-4H3. The van der Waals surface area contributed by atoms with Gasteiger partial charge in [0.2, 0.25) is 5.91 Å². The number of carbonyl (C=O) groups is 1. The van der Waals surface area contributed by atoms with Crippen LogP contribution in [-0.2, 0) is 11.3 Å². The molecule has 0 spiro atoms. The van der Waals surface area contributed by atoms with Crippen molar-refractivity contribution >= 4 is 28.8 Å². The summed E-state index contributed by atoms with van der Waals surface area (Å²) in [6, 6.07) is 3.81. The lowest BCUT2D eigenvalue weighted by Crippen LogP contribution is -2.38. The average Bonchev–Trinajstić information content (AvgIpc) is 2.69. The Kier molecular flexibility index (Phi) is 5.83. The van der Waals surface area contributed by atoms with E-state index in [1.807, 2.05) is 19.2 Å². The fraction of sp³-hybridized carbons (Fsp3) is 0.643. The van der Waals surface area contributed by atoms with Crippen molar-refractivity contribution in [2.24, 2.45) is 17.1 Å². The number of amides is 1. The Hall–Kier alpha value is -0.580. The van der Waals surface area contributed by atoms with Crippen molar-refractivity contribution < 1.29 is 4.79 Å². The van der Waals surface area contributed by atoms with Gasteiger partial charge in [0.25, 0.3) is 0 Å². The summed E-state index contributed by atoms with van der Waals surface area (Å²) in [5, 5.41) is 0. The third kappa shape index (κ3) is 5.51. The smallest absolute Gasteiger partial charge is 0.227 e. The van der Waals surface area contributed by atoms with Gasteiger partial charge in [0.1, 0.15) is 0 Å². The lowest BCUT2D eigenvalue weighted by Gasteiger charge is -2.28. The fourth-order valence-electron chi connectivity index (χ4n) is 2.07. The quantitative estimate of drug-likeness (QED) is 0.906. The molecule has 0 aromatic carbocycles. The summed E-state index contributed by atoms with van der Waals surface area (Å²) in [5.74, 6) is 0.00221. The second-order valence-corrected chi connectivity index (χ2v) is 7.90. The minimum Gasteiger partial charge on any atom is -0.340 e. The maximum Gasteiger partial charge on any atom is 0.227 e. The minimum atomic E-state index is -0.111. The van der Waals surface area contributed by atoms with E-state index in [4.69, 9.17) is 17.3 Å². The van der Waals surface area contributed by atoms with Crippen LogP contribution in [0.1, 0.15) is 32.1 Å². The molecule has 0 fully saturated rings. The summed E-state index contributed by atoms with van der Waals surface area (Å²) in [7, 11) is 1.82. The number of carbonyl (C=O) groups excluding carboxylic acids is 1. The van der Waals surface area contributed by atoms with Gasteiger partial charge in [-0.15, -0.1) is 11.3 Å². The zero-order valence-corrected chi connectivity index (χ0v) is 13.6. The van der Waals surface area contributed by atoms with Crippen molar-refractivity contribution in [2.75, 3.05) is 13.6 Å². The molecule has 108 valence electrons.